The van der Waals surface area contributed by atoms with Crippen LogP contribution in [0.3, 0.4) is 0 Å². The number of carbonyl (C=O) groups is 1. The van der Waals surface area contributed by atoms with E-state index in [9.17, 15) is 4.79 Å². The minimum Gasteiger partial charge on any atom is -0.370 e. The molecule has 0 radical (unpaired) electrons. The molecule has 8 heteroatoms. The third-order valence-electron chi connectivity index (χ3n) is 4.29. The SMILES string of the molecule is Cc1cc(Nc2nc(C(C)C)nc(N(C)C)n2)ccc1N1CCOCC1=O. The van der Waals surface area contributed by atoms with Crippen molar-refractivity contribution in [1.82, 2.24) is 15.0 Å². The van der Waals surface area contributed by atoms with E-state index in [1.807, 2.05) is 44.1 Å². The number of benzene rings is 1. The molecule has 1 N–H and O–H groups in total. The molecule has 144 valence electrons. The van der Waals surface area contributed by atoms with Gasteiger partial charge in [0.05, 0.1) is 6.61 Å². The third kappa shape index (κ3) is 4.33. The summed E-state index contributed by atoms with van der Waals surface area (Å²) in [5, 5.41) is 3.26. The molecular formula is C19H26N6O2. The molecule has 27 heavy (non-hydrogen) atoms. The van der Waals surface area contributed by atoms with Crippen LogP contribution in [0.2, 0.25) is 0 Å². The van der Waals surface area contributed by atoms with Crippen LogP contribution in [0.5, 0.6) is 0 Å². The second-order valence-electron chi connectivity index (χ2n) is 7.09. The Morgan fingerprint density at radius 1 is 1.22 bits per heavy atom. The number of aryl methyl sites for hydroxylation is 1. The first-order chi connectivity index (χ1) is 12.8. The minimum atomic E-state index is -0.0141. The summed E-state index contributed by atoms with van der Waals surface area (Å²) >= 11 is 0. The molecule has 2 heterocycles. The first-order valence-electron chi connectivity index (χ1n) is 9.04. The lowest BCUT2D eigenvalue weighted by atomic mass is 10.1. The molecule has 8 nitrogen and oxygen atoms in total. The van der Waals surface area contributed by atoms with Gasteiger partial charge in [-0.15, -0.1) is 0 Å². The average molecular weight is 370 g/mol. The predicted octanol–water partition coefficient (Wildman–Crippen LogP) is 2.48. The fourth-order valence-corrected chi connectivity index (χ4v) is 2.83. The van der Waals surface area contributed by atoms with Crippen LogP contribution in [-0.2, 0) is 9.53 Å². The summed E-state index contributed by atoms with van der Waals surface area (Å²) in [6, 6.07) is 5.86. The van der Waals surface area contributed by atoms with E-state index in [4.69, 9.17) is 4.74 Å². The zero-order valence-electron chi connectivity index (χ0n) is 16.5. The first-order valence-corrected chi connectivity index (χ1v) is 9.04. The van der Waals surface area contributed by atoms with E-state index >= 15 is 0 Å². The Morgan fingerprint density at radius 2 is 2.00 bits per heavy atom. The second kappa shape index (κ2) is 7.87. The summed E-state index contributed by atoms with van der Waals surface area (Å²) in [5.41, 5.74) is 2.77. The highest BCUT2D eigenvalue weighted by atomic mass is 16.5. The van der Waals surface area contributed by atoms with Crippen LogP contribution in [0, 0.1) is 6.92 Å². The molecule has 1 aromatic heterocycles. The maximum absolute atomic E-state index is 12.1. The summed E-state index contributed by atoms with van der Waals surface area (Å²) in [5.74, 6) is 2.04. The Labute approximate surface area is 159 Å². The molecule has 0 bridgehead atoms. The molecule has 1 aliphatic heterocycles. The van der Waals surface area contributed by atoms with Crippen molar-refractivity contribution in [3.63, 3.8) is 0 Å². The van der Waals surface area contributed by atoms with E-state index in [1.165, 1.54) is 0 Å². The van der Waals surface area contributed by atoms with Crippen molar-refractivity contribution in [2.24, 2.45) is 0 Å². The van der Waals surface area contributed by atoms with Gasteiger partial charge in [0.25, 0.3) is 5.91 Å². The Hall–Kier alpha value is -2.74. The largest absolute Gasteiger partial charge is 0.370 e. The Morgan fingerprint density at radius 3 is 2.63 bits per heavy atom. The summed E-state index contributed by atoms with van der Waals surface area (Å²) < 4.78 is 5.21. The van der Waals surface area contributed by atoms with Gasteiger partial charge < -0.3 is 19.9 Å². The molecular weight excluding hydrogens is 344 g/mol. The predicted molar refractivity (Wildman–Crippen MR) is 106 cm³/mol. The molecule has 1 saturated heterocycles. The van der Waals surface area contributed by atoms with Crippen LogP contribution >= 0.6 is 0 Å². The Kier molecular flexibility index (Phi) is 5.55. The number of amides is 1. The molecule has 3 rings (SSSR count). The second-order valence-corrected chi connectivity index (χ2v) is 7.09. The zero-order chi connectivity index (χ0) is 19.6. The number of carbonyl (C=O) groups excluding carboxylic acids is 1. The Balaban J connectivity index is 1.86. The summed E-state index contributed by atoms with van der Waals surface area (Å²) in [4.78, 5) is 29.2. The number of nitrogens with one attached hydrogen (secondary N) is 1. The van der Waals surface area contributed by atoms with Crippen LogP contribution in [0.1, 0.15) is 31.2 Å². The lowest BCUT2D eigenvalue weighted by Gasteiger charge is -2.28. The van der Waals surface area contributed by atoms with Crippen molar-refractivity contribution in [2.45, 2.75) is 26.7 Å². The molecule has 2 aromatic rings. The van der Waals surface area contributed by atoms with Gasteiger partial charge in [0.1, 0.15) is 12.4 Å². The number of hydrogen-bond acceptors (Lipinski definition) is 7. The number of ether oxygens (including phenoxy) is 1. The smallest absolute Gasteiger partial charge is 0.253 e. The number of aromatic nitrogens is 3. The minimum absolute atomic E-state index is 0.0141. The van der Waals surface area contributed by atoms with E-state index in [1.54, 1.807) is 4.90 Å². The van der Waals surface area contributed by atoms with Gasteiger partial charge >= 0.3 is 0 Å². The monoisotopic (exact) mass is 370 g/mol. The molecule has 1 aliphatic rings. The zero-order valence-corrected chi connectivity index (χ0v) is 16.5. The van der Waals surface area contributed by atoms with Crippen molar-refractivity contribution in [3.8, 4) is 0 Å². The van der Waals surface area contributed by atoms with Gasteiger partial charge in [-0.25, -0.2) is 0 Å². The van der Waals surface area contributed by atoms with Gasteiger partial charge in [0.15, 0.2) is 0 Å². The van der Waals surface area contributed by atoms with Crippen LogP contribution < -0.4 is 15.1 Å². The summed E-state index contributed by atoms with van der Waals surface area (Å²) in [6.45, 7) is 7.36. The van der Waals surface area contributed by atoms with Crippen LogP contribution in [-0.4, -0.2) is 54.7 Å². The van der Waals surface area contributed by atoms with Gasteiger partial charge in [0, 0.05) is 37.9 Å². The van der Waals surface area contributed by atoms with Crippen molar-refractivity contribution in [1.29, 1.82) is 0 Å². The van der Waals surface area contributed by atoms with Crippen molar-refractivity contribution in [3.05, 3.63) is 29.6 Å². The van der Waals surface area contributed by atoms with Crippen molar-refractivity contribution >= 4 is 29.2 Å². The molecule has 0 atom stereocenters. The fraction of sp³-hybridized carbons (Fsp3) is 0.474. The third-order valence-corrected chi connectivity index (χ3v) is 4.29. The average Bonchev–Trinajstić information content (AvgIpc) is 2.62. The topological polar surface area (TPSA) is 83.5 Å². The van der Waals surface area contributed by atoms with Gasteiger partial charge in [-0.3, -0.25) is 4.79 Å². The highest BCUT2D eigenvalue weighted by molar-refractivity contribution is 5.95. The molecule has 1 aromatic carbocycles. The number of hydrogen-bond donors (Lipinski definition) is 1. The molecule has 0 aliphatic carbocycles. The lowest BCUT2D eigenvalue weighted by molar-refractivity contribution is -0.125. The van der Waals surface area contributed by atoms with Gasteiger partial charge in [-0.1, -0.05) is 13.8 Å². The van der Waals surface area contributed by atoms with Crippen molar-refractivity contribution < 1.29 is 9.53 Å². The van der Waals surface area contributed by atoms with Crippen LogP contribution in [0.15, 0.2) is 18.2 Å². The van der Waals surface area contributed by atoms with Gasteiger partial charge in [-0.05, 0) is 30.7 Å². The molecule has 0 unspecified atom stereocenters. The molecule has 0 spiro atoms. The first kappa shape index (κ1) is 19.0. The van der Waals surface area contributed by atoms with E-state index in [0.29, 0.717) is 25.0 Å². The number of anilines is 4. The maximum atomic E-state index is 12.1. The number of nitrogens with zero attached hydrogens (tertiary/aromatic N) is 5. The van der Waals surface area contributed by atoms with Crippen LogP contribution in [0.4, 0.5) is 23.3 Å². The lowest BCUT2D eigenvalue weighted by Crippen LogP contribution is -2.42. The summed E-state index contributed by atoms with van der Waals surface area (Å²) in [7, 11) is 3.81. The van der Waals surface area contributed by atoms with Crippen molar-refractivity contribution in [2.75, 3.05) is 49.0 Å². The van der Waals surface area contributed by atoms with E-state index in [0.717, 1.165) is 22.8 Å². The van der Waals surface area contributed by atoms with E-state index in [-0.39, 0.29) is 18.4 Å². The maximum Gasteiger partial charge on any atom is 0.253 e. The quantitative estimate of drug-likeness (QED) is 0.865. The van der Waals surface area contributed by atoms with Crippen LogP contribution in [0.25, 0.3) is 0 Å². The molecule has 1 fully saturated rings. The molecule has 1 amide bonds. The van der Waals surface area contributed by atoms with Gasteiger partial charge in [-0.2, -0.15) is 15.0 Å². The normalized spacial score (nSPS) is 14.6. The standard InChI is InChI=1S/C19H26N6O2/c1-12(2)17-21-18(23-19(22-17)24(4)5)20-14-6-7-15(13(3)10-14)25-8-9-27-11-16(25)26/h6-7,10,12H,8-9,11H2,1-5H3,(H,20,21,22,23). The highest BCUT2D eigenvalue weighted by Crippen LogP contribution is 2.26. The van der Waals surface area contributed by atoms with E-state index in [2.05, 4.69) is 34.1 Å². The molecule has 0 saturated carbocycles. The number of rotatable bonds is 5. The Bertz CT molecular complexity index is 811. The fourth-order valence-electron chi connectivity index (χ4n) is 2.83. The van der Waals surface area contributed by atoms with Gasteiger partial charge in [0.2, 0.25) is 11.9 Å². The number of morpholine rings is 1. The van der Waals surface area contributed by atoms with E-state index < -0.39 is 0 Å². The highest BCUT2D eigenvalue weighted by Gasteiger charge is 2.21. The summed E-state index contributed by atoms with van der Waals surface area (Å²) in [6.07, 6.45) is 0.